The van der Waals surface area contributed by atoms with Crippen LogP contribution in [0.1, 0.15) is 28.3 Å². The van der Waals surface area contributed by atoms with E-state index < -0.39 is 0 Å². The van der Waals surface area contributed by atoms with Crippen molar-refractivity contribution in [1.29, 1.82) is 0 Å². The Morgan fingerprint density at radius 1 is 1.00 bits per heavy atom. The number of hydrogen-bond donors (Lipinski definition) is 1. The molecule has 3 rings (SSSR count). The van der Waals surface area contributed by atoms with Crippen LogP contribution in [0, 0.1) is 12.7 Å². The van der Waals surface area contributed by atoms with Gasteiger partial charge in [-0.15, -0.1) is 11.8 Å². The average Bonchev–Trinajstić information content (AvgIpc) is 2.70. The van der Waals surface area contributed by atoms with E-state index in [4.69, 9.17) is 11.6 Å². The summed E-state index contributed by atoms with van der Waals surface area (Å²) in [6.45, 7) is 2.03. The minimum Gasteiger partial charge on any atom is -0.344 e. The van der Waals surface area contributed by atoms with E-state index in [1.54, 1.807) is 12.1 Å². The van der Waals surface area contributed by atoms with Crippen molar-refractivity contribution in [2.24, 2.45) is 0 Å². The van der Waals surface area contributed by atoms with Crippen molar-refractivity contribution in [3.8, 4) is 0 Å². The Bertz CT molecular complexity index is 911. The summed E-state index contributed by atoms with van der Waals surface area (Å²) >= 11 is 7.39. The van der Waals surface area contributed by atoms with Gasteiger partial charge in [0, 0.05) is 16.3 Å². The van der Waals surface area contributed by atoms with Gasteiger partial charge in [-0.1, -0.05) is 77.8 Å². The van der Waals surface area contributed by atoms with E-state index in [0.717, 1.165) is 11.1 Å². The number of amides is 1. The molecule has 0 unspecified atom stereocenters. The molecule has 0 aliphatic rings. The maximum Gasteiger partial charge on any atom is 0.230 e. The zero-order chi connectivity index (χ0) is 19.9. The number of halogens is 2. The summed E-state index contributed by atoms with van der Waals surface area (Å²) in [4.78, 5) is 12.6. The van der Waals surface area contributed by atoms with Crippen molar-refractivity contribution >= 4 is 29.3 Å². The Hall–Kier alpha value is -2.30. The average molecular weight is 414 g/mol. The Kier molecular flexibility index (Phi) is 7.12. The van der Waals surface area contributed by atoms with Gasteiger partial charge in [0.15, 0.2) is 0 Å². The molecule has 0 spiro atoms. The van der Waals surface area contributed by atoms with E-state index in [1.807, 2.05) is 61.5 Å². The molecule has 28 heavy (non-hydrogen) atoms. The predicted molar refractivity (Wildman–Crippen MR) is 115 cm³/mol. The zero-order valence-electron chi connectivity index (χ0n) is 15.5. The largest absolute Gasteiger partial charge is 0.344 e. The van der Waals surface area contributed by atoms with Gasteiger partial charge in [-0.05, 0) is 30.2 Å². The topological polar surface area (TPSA) is 29.1 Å². The van der Waals surface area contributed by atoms with Crippen LogP contribution in [0.25, 0.3) is 0 Å². The second-order valence-electron chi connectivity index (χ2n) is 6.51. The molecular formula is C23H21ClFNOS. The van der Waals surface area contributed by atoms with E-state index in [0.29, 0.717) is 16.3 Å². The SMILES string of the molecule is Cc1ccc([C@@H](NC(=O)CSCc2c(F)cccc2Cl)c2ccccc2)cc1. The summed E-state index contributed by atoms with van der Waals surface area (Å²) in [6, 6.07) is 22.4. The lowest BCUT2D eigenvalue weighted by Gasteiger charge is -2.20. The summed E-state index contributed by atoms with van der Waals surface area (Å²) in [6.07, 6.45) is 0. The van der Waals surface area contributed by atoms with Crippen LogP contribution in [0.15, 0.2) is 72.8 Å². The molecule has 1 amide bonds. The van der Waals surface area contributed by atoms with E-state index in [9.17, 15) is 9.18 Å². The zero-order valence-corrected chi connectivity index (χ0v) is 17.1. The van der Waals surface area contributed by atoms with Crippen molar-refractivity contribution in [2.45, 2.75) is 18.7 Å². The van der Waals surface area contributed by atoms with Crippen LogP contribution >= 0.6 is 23.4 Å². The molecule has 3 aromatic carbocycles. The van der Waals surface area contributed by atoms with Gasteiger partial charge in [0.05, 0.1) is 11.8 Å². The molecular weight excluding hydrogens is 393 g/mol. The fraction of sp³-hybridized carbons (Fsp3) is 0.174. The number of carbonyl (C=O) groups is 1. The second-order valence-corrected chi connectivity index (χ2v) is 7.91. The summed E-state index contributed by atoms with van der Waals surface area (Å²) in [7, 11) is 0. The first-order chi connectivity index (χ1) is 13.5. The highest BCUT2D eigenvalue weighted by Gasteiger charge is 2.17. The van der Waals surface area contributed by atoms with Crippen LogP contribution in [0.2, 0.25) is 5.02 Å². The van der Waals surface area contributed by atoms with Crippen LogP contribution in [0.4, 0.5) is 4.39 Å². The number of hydrogen-bond acceptors (Lipinski definition) is 2. The molecule has 0 aliphatic carbocycles. The third-order valence-corrected chi connectivity index (χ3v) is 5.70. The Morgan fingerprint density at radius 2 is 1.68 bits per heavy atom. The molecule has 0 saturated carbocycles. The molecule has 0 saturated heterocycles. The second kappa shape index (κ2) is 9.76. The van der Waals surface area contributed by atoms with E-state index in [2.05, 4.69) is 5.32 Å². The number of thioether (sulfide) groups is 1. The van der Waals surface area contributed by atoms with Crippen molar-refractivity contribution in [1.82, 2.24) is 5.32 Å². The normalized spacial score (nSPS) is 11.8. The van der Waals surface area contributed by atoms with Gasteiger partial charge in [0.2, 0.25) is 5.91 Å². The molecule has 0 aromatic heterocycles. The molecule has 0 bridgehead atoms. The summed E-state index contributed by atoms with van der Waals surface area (Å²) in [5.41, 5.74) is 3.63. The molecule has 0 radical (unpaired) electrons. The molecule has 5 heteroatoms. The standard InChI is InChI=1S/C23H21ClFNOS/c1-16-10-12-18(13-11-16)23(17-6-3-2-4-7-17)26-22(27)15-28-14-19-20(24)8-5-9-21(19)25/h2-13,23H,14-15H2,1H3,(H,26,27)/t23-/m0/s1. The van der Waals surface area contributed by atoms with Crippen LogP contribution in [0.5, 0.6) is 0 Å². The highest BCUT2D eigenvalue weighted by molar-refractivity contribution is 7.99. The van der Waals surface area contributed by atoms with Crippen molar-refractivity contribution in [2.75, 3.05) is 5.75 Å². The van der Waals surface area contributed by atoms with Crippen LogP contribution in [-0.2, 0) is 10.5 Å². The minimum absolute atomic E-state index is 0.105. The van der Waals surface area contributed by atoms with Gasteiger partial charge >= 0.3 is 0 Å². The van der Waals surface area contributed by atoms with Gasteiger partial charge in [-0.2, -0.15) is 0 Å². The quantitative estimate of drug-likeness (QED) is 0.520. The van der Waals surface area contributed by atoms with Gasteiger partial charge in [0.1, 0.15) is 5.82 Å². The lowest BCUT2D eigenvalue weighted by Crippen LogP contribution is -2.30. The Labute approximate surface area is 174 Å². The molecule has 3 aromatic rings. The number of rotatable bonds is 7. The minimum atomic E-state index is -0.345. The number of aryl methyl sites for hydroxylation is 1. The number of nitrogens with one attached hydrogen (secondary N) is 1. The van der Waals surface area contributed by atoms with E-state index in [-0.39, 0.29) is 23.5 Å². The summed E-state index contributed by atoms with van der Waals surface area (Å²) < 4.78 is 13.9. The summed E-state index contributed by atoms with van der Waals surface area (Å²) in [5, 5.41) is 3.48. The highest BCUT2D eigenvalue weighted by Crippen LogP contribution is 2.25. The molecule has 144 valence electrons. The molecule has 1 atom stereocenters. The molecule has 0 aliphatic heterocycles. The third-order valence-electron chi connectivity index (χ3n) is 4.39. The van der Waals surface area contributed by atoms with Gasteiger partial charge in [0.25, 0.3) is 0 Å². The van der Waals surface area contributed by atoms with Crippen molar-refractivity contribution < 1.29 is 9.18 Å². The van der Waals surface area contributed by atoms with Crippen LogP contribution < -0.4 is 5.32 Å². The molecule has 0 fully saturated rings. The van der Waals surface area contributed by atoms with Crippen LogP contribution in [0.3, 0.4) is 0 Å². The first-order valence-electron chi connectivity index (χ1n) is 8.96. The van der Waals surface area contributed by atoms with Gasteiger partial charge in [-0.25, -0.2) is 4.39 Å². The lowest BCUT2D eigenvalue weighted by molar-refractivity contribution is -0.119. The fourth-order valence-electron chi connectivity index (χ4n) is 2.88. The first-order valence-corrected chi connectivity index (χ1v) is 10.5. The van der Waals surface area contributed by atoms with Gasteiger partial charge in [-0.3, -0.25) is 4.79 Å². The molecule has 2 nitrogen and oxygen atoms in total. The van der Waals surface area contributed by atoms with Crippen LogP contribution in [-0.4, -0.2) is 11.7 Å². The van der Waals surface area contributed by atoms with E-state index in [1.165, 1.54) is 23.4 Å². The highest BCUT2D eigenvalue weighted by atomic mass is 35.5. The summed E-state index contributed by atoms with van der Waals surface area (Å²) in [5.74, 6) is 0.119. The monoisotopic (exact) mass is 413 g/mol. The molecule has 1 N–H and O–H groups in total. The fourth-order valence-corrected chi connectivity index (χ4v) is 4.06. The third kappa shape index (κ3) is 5.37. The predicted octanol–water partition coefficient (Wildman–Crippen LogP) is 5.93. The Balaban J connectivity index is 1.67. The first kappa shape index (κ1) is 20.4. The van der Waals surface area contributed by atoms with Crippen molar-refractivity contribution in [3.63, 3.8) is 0 Å². The maximum atomic E-state index is 13.9. The van der Waals surface area contributed by atoms with Gasteiger partial charge < -0.3 is 5.32 Å². The van der Waals surface area contributed by atoms with Crippen molar-refractivity contribution in [3.05, 3.63) is 106 Å². The Morgan fingerprint density at radius 3 is 2.36 bits per heavy atom. The van der Waals surface area contributed by atoms with E-state index >= 15 is 0 Å². The smallest absolute Gasteiger partial charge is 0.230 e. The number of benzene rings is 3. The number of carbonyl (C=O) groups excluding carboxylic acids is 1. The maximum absolute atomic E-state index is 13.9. The molecule has 0 heterocycles. The lowest BCUT2D eigenvalue weighted by atomic mass is 9.98.